The van der Waals surface area contributed by atoms with Crippen LogP contribution in [0, 0.1) is 0 Å². The molecule has 3 rings (SSSR count). The molecule has 102 valence electrons. The van der Waals surface area contributed by atoms with Crippen molar-refractivity contribution in [3.8, 4) is 0 Å². The maximum Gasteiger partial charge on any atom is 0.310 e. The highest BCUT2D eigenvalue weighted by molar-refractivity contribution is 7.25. The predicted octanol–water partition coefficient (Wildman–Crippen LogP) is 4.81. The van der Waals surface area contributed by atoms with E-state index in [4.69, 9.17) is 16.3 Å². The lowest BCUT2D eigenvalue weighted by atomic mass is 10.1. The lowest BCUT2D eigenvalue weighted by Gasteiger charge is -2.02. The van der Waals surface area contributed by atoms with Crippen molar-refractivity contribution in [1.29, 1.82) is 0 Å². The second-order valence-electron chi connectivity index (χ2n) is 4.55. The number of halogens is 1. The highest BCUT2D eigenvalue weighted by Gasteiger charge is 2.09. The van der Waals surface area contributed by atoms with Crippen molar-refractivity contribution < 1.29 is 9.53 Å². The van der Waals surface area contributed by atoms with Gasteiger partial charge in [-0.25, -0.2) is 0 Å². The molecule has 2 nitrogen and oxygen atoms in total. The maximum atomic E-state index is 11.5. The number of rotatable bonds is 3. The number of thiophene rings is 1. The van der Waals surface area contributed by atoms with Gasteiger partial charge in [-0.2, -0.15) is 0 Å². The molecule has 0 spiro atoms. The molecule has 0 unspecified atom stereocenters. The van der Waals surface area contributed by atoms with Crippen LogP contribution in [0.15, 0.2) is 36.4 Å². The first kappa shape index (κ1) is 13.4. The Labute approximate surface area is 125 Å². The van der Waals surface area contributed by atoms with Crippen molar-refractivity contribution in [2.24, 2.45) is 0 Å². The highest BCUT2D eigenvalue weighted by Crippen LogP contribution is 2.35. The minimum atomic E-state index is -0.184. The van der Waals surface area contributed by atoms with Gasteiger partial charge in [0.15, 0.2) is 0 Å². The first-order valence-electron chi connectivity index (χ1n) is 6.43. The van der Waals surface area contributed by atoms with Gasteiger partial charge in [-0.3, -0.25) is 4.79 Å². The monoisotopic (exact) mass is 304 g/mol. The van der Waals surface area contributed by atoms with Crippen LogP contribution in [0.1, 0.15) is 12.5 Å². The fourth-order valence-corrected chi connectivity index (χ4v) is 3.60. The van der Waals surface area contributed by atoms with Crippen molar-refractivity contribution in [2.45, 2.75) is 13.3 Å². The molecule has 1 aromatic heterocycles. The molecule has 0 saturated heterocycles. The van der Waals surface area contributed by atoms with E-state index in [0.717, 1.165) is 10.6 Å². The zero-order valence-corrected chi connectivity index (χ0v) is 12.6. The summed E-state index contributed by atoms with van der Waals surface area (Å²) in [5.74, 6) is -0.184. The van der Waals surface area contributed by atoms with Crippen molar-refractivity contribution in [3.63, 3.8) is 0 Å². The van der Waals surface area contributed by atoms with E-state index in [9.17, 15) is 4.79 Å². The first-order chi connectivity index (χ1) is 9.67. The smallest absolute Gasteiger partial charge is 0.310 e. The number of carbonyl (C=O) groups excluding carboxylic acids is 1. The molecule has 2 aromatic carbocycles. The van der Waals surface area contributed by atoms with Crippen molar-refractivity contribution in [3.05, 3.63) is 47.0 Å². The van der Waals surface area contributed by atoms with Crippen molar-refractivity contribution in [2.75, 3.05) is 6.61 Å². The Balaban J connectivity index is 2.03. The summed E-state index contributed by atoms with van der Waals surface area (Å²) in [6.45, 7) is 2.24. The zero-order chi connectivity index (χ0) is 14.1. The molecule has 0 saturated carbocycles. The Morgan fingerprint density at radius 2 is 2.00 bits per heavy atom. The van der Waals surface area contributed by atoms with Crippen molar-refractivity contribution >= 4 is 49.1 Å². The number of benzene rings is 2. The molecular formula is C16H13ClO2S. The van der Waals surface area contributed by atoms with E-state index < -0.39 is 0 Å². The Kier molecular flexibility index (Phi) is 3.64. The number of fused-ring (bicyclic) bond motifs is 3. The second-order valence-corrected chi connectivity index (χ2v) is 6.08. The van der Waals surface area contributed by atoms with Gasteiger partial charge in [-0.15, -0.1) is 11.3 Å². The van der Waals surface area contributed by atoms with Crippen LogP contribution in [-0.4, -0.2) is 12.6 Å². The van der Waals surface area contributed by atoms with E-state index in [1.165, 1.54) is 20.2 Å². The number of carbonyl (C=O) groups is 1. The average Bonchev–Trinajstić information content (AvgIpc) is 2.76. The Bertz CT molecular complexity index is 792. The summed E-state index contributed by atoms with van der Waals surface area (Å²) in [6, 6.07) is 12.0. The van der Waals surface area contributed by atoms with Gasteiger partial charge in [-0.1, -0.05) is 23.7 Å². The van der Waals surface area contributed by atoms with Crippen LogP contribution in [-0.2, 0) is 16.0 Å². The van der Waals surface area contributed by atoms with Crippen molar-refractivity contribution in [1.82, 2.24) is 0 Å². The van der Waals surface area contributed by atoms with Crippen LogP contribution in [0.4, 0.5) is 0 Å². The van der Waals surface area contributed by atoms with Gasteiger partial charge in [0, 0.05) is 25.2 Å². The fourth-order valence-electron chi connectivity index (χ4n) is 2.28. The number of hydrogen-bond donors (Lipinski definition) is 0. The molecular weight excluding hydrogens is 292 g/mol. The molecule has 0 fully saturated rings. The lowest BCUT2D eigenvalue weighted by Crippen LogP contribution is -2.07. The summed E-state index contributed by atoms with van der Waals surface area (Å²) < 4.78 is 7.36. The van der Waals surface area contributed by atoms with Gasteiger partial charge in [0.2, 0.25) is 0 Å². The molecule has 1 heterocycles. The summed E-state index contributed by atoms with van der Waals surface area (Å²) in [6.07, 6.45) is 0.318. The van der Waals surface area contributed by atoms with E-state index in [0.29, 0.717) is 13.0 Å². The molecule has 0 atom stereocenters. The molecule has 3 aromatic rings. The summed E-state index contributed by atoms with van der Waals surface area (Å²) in [5, 5.41) is 3.09. The molecule has 0 aliphatic rings. The molecule has 0 amide bonds. The molecule has 0 bridgehead atoms. The summed E-state index contributed by atoms with van der Waals surface area (Å²) in [5.41, 5.74) is 0.980. The third kappa shape index (κ3) is 2.51. The molecule has 0 N–H and O–H groups in total. The molecule has 0 aliphatic carbocycles. The van der Waals surface area contributed by atoms with Gasteiger partial charge in [0.1, 0.15) is 0 Å². The normalized spacial score (nSPS) is 11.1. The first-order valence-corrected chi connectivity index (χ1v) is 7.63. The largest absolute Gasteiger partial charge is 0.466 e. The van der Waals surface area contributed by atoms with Gasteiger partial charge in [-0.05, 0) is 36.8 Å². The maximum absolute atomic E-state index is 11.5. The molecule has 4 heteroatoms. The topological polar surface area (TPSA) is 26.3 Å². The summed E-state index contributed by atoms with van der Waals surface area (Å²) in [4.78, 5) is 11.5. The Hall–Kier alpha value is -1.58. The van der Waals surface area contributed by atoms with Crippen LogP contribution in [0.2, 0.25) is 5.02 Å². The second kappa shape index (κ2) is 5.43. The van der Waals surface area contributed by atoms with Gasteiger partial charge < -0.3 is 4.74 Å². The minimum absolute atomic E-state index is 0.184. The quantitative estimate of drug-likeness (QED) is 0.649. The summed E-state index contributed by atoms with van der Waals surface area (Å²) >= 11 is 7.77. The van der Waals surface area contributed by atoms with E-state index in [1.807, 2.05) is 31.2 Å². The molecule has 0 radical (unpaired) electrons. The van der Waals surface area contributed by atoms with Gasteiger partial charge in [0.05, 0.1) is 13.0 Å². The highest BCUT2D eigenvalue weighted by atomic mass is 35.5. The van der Waals surface area contributed by atoms with Crippen LogP contribution in [0.3, 0.4) is 0 Å². The van der Waals surface area contributed by atoms with Gasteiger partial charge >= 0.3 is 5.97 Å². The van der Waals surface area contributed by atoms with Crippen LogP contribution < -0.4 is 0 Å². The average molecular weight is 305 g/mol. The number of hydrogen-bond acceptors (Lipinski definition) is 3. The van der Waals surface area contributed by atoms with E-state index in [-0.39, 0.29) is 5.97 Å². The Morgan fingerprint density at radius 1 is 1.15 bits per heavy atom. The lowest BCUT2D eigenvalue weighted by molar-refractivity contribution is -0.142. The third-order valence-electron chi connectivity index (χ3n) is 3.15. The zero-order valence-electron chi connectivity index (χ0n) is 11.0. The van der Waals surface area contributed by atoms with E-state index in [1.54, 1.807) is 11.3 Å². The minimum Gasteiger partial charge on any atom is -0.466 e. The van der Waals surface area contributed by atoms with E-state index in [2.05, 4.69) is 12.1 Å². The molecule has 20 heavy (non-hydrogen) atoms. The summed E-state index contributed by atoms with van der Waals surface area (Å²) in [7, 11) is 0. The number of ether oxygens (including phenoxy) is 1. The standard InChI is InChI=1S/C16H13ClO2S/c1-2-19-16(18)8-10-3-5-12-13-9-11(17)4-6-14(13)20-15(12)7-10/h3-7,9H,2,8H2,1H3. The van der Waals surface area contributed by atoms with Crippen LogP contribution in [0.5, 0.6) is 0 Å². The van der Waals surface area contributed by atoms with Crippen LogP contribution >= 0.6 is 22.9 Å². The molecule has 0 aliphatic heterocycles. The van der Waals surface area contributed by atoms with E-state index >= 15 is 0 Å². The van der Waals surface area contributed by atoms with Gasteiger partial charge in [0.25, 0.3) is 0 Å². The SMILES string of the molecule is CCOC(=O)Cc1ccc2c(c1)sc1ccc(Cl)cc12. The fraction of sp³-hybridized carbons (Fsp3) is 0.188. The third-order valence-corrected chi connectivity index (χ3v) is 4.52. The Morgan fingerprint density at radius 3 is 2.80 bits per heavy atom. The number of esters is 1. The predicted molar refractivity (Wildman–Crippen MR) is 84.7 cm³/mol. The van der Waals surface area contributed by atoms with Crippen LogP contribution in [0.25, 0.3) is 20.2 Å².